The number of nitrogen functional groups attached to an aromatic ring is 1. The predicted molar refractivity (Wildman–Crippen MR) is 83.1 cm³/mol. The van der Waals surface area contributed by atoms with Crippen LogP contribution < -0.4 is 21.5 Å². The van der Waals surface area contributed by atoms with Crippen molar-refractivity contribution >= 4 is 17.8 Å². The summed E-state index contributed by atoms with van der Waals surface area (Å²) in [5.74, 6) is 6.91. The van der Waals surface area contributed by atoms with E-state index in [0.717, 1.165) is 32.4 Å². The topological polar surface area (TPSA) is 112 Å². The molecule has 1 unspecified atom stereocenters. The van der Waals surface area contributed by atoms with Crippen LogP contribution in [0.3, 0.4) is 0 Å². The molecule has 0 radical (unpaired) electrons. The fourth-order valence-electron chi connectivity index (χ4n) is 2.30. The molecule has 2 heterocycles. The van der Waals surface area contributed by atoms with Crippen LogP contribution in [0.15, 0.2) is 0 Å². The van der Waals surface area contributed by atoms with Gasteiger partial charge in [-0.05, 0) is 32.1 Å². The number of aromatic nitrogens is 3. The van der Waals surface area contributed by atoms with Gasteiger partial charge in [0.1, 0.15) is 0 Å². The summed E-state index contributed by atoms with van der Waals surface area (Å²) in [6, 6.07) is 0. The van der Waals surface area contributed by atoms with Gasteiger partial charge in [-0.2, -0.15) is 15.0 Å². The molecule has 1 aromatic heterocycles. The van der Waals surface area contributed by atoms with Crippen LogP contribution in [-0.4, -0.2) is 45.8 Å². The molecule has 1 saturated heterocycles. The van der Waals surface area contributed by atoms with Crippen LogP contribution >= 0.6 is 0 Å². The lowest BCUT2D eigenvalue weighted by Gasteiger charge is -2.26. The maximum atomic E-state index is 9.56. The first-order chi connectivity index (χ1) is 10.2. The Balaban J connectivity index is 2.02. The minimum atomic E-state index is -0.298. The first kappa shape index (κ1) is 15.7. The van der Waals surface area contributed by atoms with Gasteiger partial charge in [-0.3, -0.25) is 5.43 Å². The summed E-state index contributed by atoms with van der Waals surface area (Å²) in [6.07, 6.45) is 4.67. The number of aliphatic hydroxyl groups is 1. The molecular formula is C13H25N7O. The van der Waals surface area contributed by atoms with Crippen LogP contribution in [0.4, 0.5) is 17.8 Å². The van der Waals surface area contributed by atoms with Crippen molar-refractivity contribution in [1.29, 1.82) is 0 Å². The van der Waals surface area contributed by atoms with Gasteiger partial charge in [-0.25, -0.2) is 5.84 Å². The highest BCUT2D eigenvalue weighted by Gasteiger charge is 2.16. The Morgan fingerprint density at radius 3 is 2.57 bits per heavy atom. The molecule has 1 aliphatic heterocycles. The first-order valence-electron chi connectivity index (χ1n) is 7.62. The van der Waals surface area contributed by atoms with Crippen LogP contribution in [0, 0.1) is 0 Å². The number of nitrogens with two attached hydrogens (primary N) is 1. The molecule has 5 N–H and O–H groups in total. The minimum absolute atomic E-state index is 0.298. The quantitative estimate of drug-likeness (QED) is 0.430. The van der Waals surface area contributed by atoms with Gasteiger partial charge in [0.25, 0.3) is 0 Å². The Labute approximate surface area is 125 Å². The van der Waals surface area contributed by atoms with E-state index < -0.39 is 0 Å². The molecule has 0 saturated carbocycles. The van der Waals surface area contributed by atoms with Crippen LogP contribution in [0.1, 0.15) is 39.0 Å². The fourth-order valence-corrected chi connectivity index (χ4v) is 2.30. The van der Waals surface area contributed by atoms with Gasteiger partial charge in [0, 0.05) is 19.6 Å². The smallest absolute Gasteiger partial charge is 0.243 e. The number of hydrogen-bond acceptors (Lipinski definition) is 8. The van der Waals surface area contributed by atoms with Crippen molar-refractivity contribution in [2.24, 2.45) is 5.84 Å². The Morgan fingerprint density at radius 1 is 1.19 bits per heavy atom. The SMILES string of the molecule is CCC(O)CCNc1nc(NN)nc(N2CCCCC2)n1. The lowest BCUT2D eigenvalue weighted by atomic mass is 10.1. The second kappa shape index (κ2) is 7.94. The van der Waals surface area contributed by atoms with Crippen molar-refractivity contribution in [1.82, 2.24) is 15.0 Å². The van der Waals surface area contributed by atoms with Crippen molar-refractivity contribution < 1.29 is 5.11 Å². The summed E-state index contributed by atoms with van der Waals surface area (Å²) >= 11 is 0. The van der Waals surface area contributed by atoms with Gasteiger partial charge in [0.05, 0.1) is 6.10 Å². The molecule has 0 amide bonds. The molecule has 1 aromatic rings. The second-order valence-corrected chi connectivity index (χ2v) is 5.25. The van der Waals surface area contributed by atoms with E-state index in [1.807, 2.05) is 6.92 Å². The molecule has 0 spiro atoms. The van der Waals surface area contributed by atoms with Crippen molar-refractivity contribution in [2.45, 2.75) is 45.1 Å². The van der Waals surface area contributed by atoms with Crippen LogP contribution in [0.25, 0.3) is 0 Å². The number of anilines is 3. The third kappa shape index (κ3) is 4.68. The summed E-state index contributed by atoms with van der Waals surface area (Å²) in [7, 11) is 0. The summed E-state index contributed by atoms with van der Waals surface area (Å²) < 4.78 is 0. The zero-order valence-corrected chi connectivity index (χ0v) is 12.5. The van der Waals surface area contributed by atoms with E-state index in [9.17, 15) is 5.11 Å². The lowest BCUT2D eigenvalue weighted by molar-refractivity contribution is 0.164. The summed E-state index contributed by atoms with van der Waals surface area (Å²) in [5.41, 5.74) is 2.48. The number of nitrogens with zero attached hydrogens (tertiary/aromatic N) is 4. The molecule has 8 heteroatoms. The highest BCUT2D eigenvalue weighted by atomic mass is 16.3. The van der Waals surface area contributed by atoms with Crippen LogP contribution in [0.2, 0.25) is 0 Å². The number of nitrogens with one attached hydrogen (secondary N) is 2. The summed E-state index contributed by atoms with van der Waals surface area (Å²) in [6.45, 7) is 4.49. The van der Waals surface area contributed by atoms with Gasteiger partial charge < -0.3 is 15.3 Å². The van der Waals surface area contributed by atoms with E-state index in [2.05, 4.69) is 30.6 Å². The number of rotatable bonds is 7. The first-order valence-corrected chi connectivity index (χ1v) is 7.62. The molecule has 0 bridgehead atoms. The van der Waals surface area contributed by atoms with Gasteiger partial charge in [0.15, 0.2) is 0 Å². The maximum absolute atomic E-state index is 9.56. The lowest BCUT2D eigenvalue weighted by Crippen LogP contribution is -2.32. The third-order valence-electron chi connectivity index (χ3n) is 3.62. The standard InChI is InChI=1S/C13H25N7O/c1-2-10(21)6-7-15-11-16-12(19-14)18-13(17-11)20-8-4-3-5-9-20/h10,21H,2-9,14H2,1H3,(H2,15,16,17,18,19). The average molecular weight is 295 g/mol. The summed E-state index contributed by atoms with van der Waals surface area (Å²) in [5, 5.41) is 12.7. The number of piperidine rings is 1. The normalized spacial score (nSPS) is 16.6. The monoisotopic (exact) mass is 295 g/mol. The van der Waals surface area contributed by atoms with Crippen molar-refractivity contribution in [3.05, 3.63) is 0 Å². The van der Waals surface area contributed by atoms with E-state index in [4.69, 9.17) is 5.84 Å². The number of hydrogen-bond donors (Lipinski definition) is 4. The highest BCUT2D eigenvalue weighted by Crippen LogP contribution is 2.18. The van der Waals surface area contributed by atoms with Gasteiger partial charge in [-0.1, -0.05) is 6.92 Å². The molecule has 0 aromatic carbocycles. The molecule has 21 heavy (non-hydrogen) atoms. The van der Waals surface area contributed by atoms with E-state index in [-0.39, 0.29) is 6.10 Å². The number of aliphatic hydroxyl groups excluding tert-OH is 1. The largest absolute Gasteiger partial charge is 0.393 e. The average Bonchev–Trinajstić information content (AvgIpc) is 2.55. The molecule has 8 nitrogen and oxygen atoms in total. The Bertz CT molecular complexity index is 437. The zero-order valence-electron chi connectivity index (χ0n) is 12.5. The van der Waals surface area contributed by atoms with Crippen LogP contribution in [-0.2, 0) is 0 Å². The van der Waals surface area contributed by atoms with Crippen LogP contribution in [0.5, 0.6) is 0 Å². The number of hydrazine groups is 1. The van der Waals surface area contributed by atoms with Gasteiger partial charge in [-0.15, -0.1) is 0 Å². The van der Waals surface area contributed by atoms with E-state index in [1.165, 1.54) is 6.42 Å². The zero-order chi connectivity index (χ0) is 15.1. The molecule has 118 valence electrons. The summed E-state index contributed by atoms with van der Waals surface area (Å²) in [4.78, 5) is 15.1. The molecule has 1 fully saturated rings. The third-order valence-corrected chi connectivity index (χ3v) is 3.62. The molecule has 1 atom stereocenters. The Hall–Kier alpha value is -1.67. The van der Waals surface area contributed by atoms with Crippen molar-refractivity contribution in [2.75, 3.05) is 35.3 Å². The van der Waals surface area contributed by atoms with Gasteiger partial charge >= 0.3 is 0 Å². The molecule has 1 aliphatic rings. The maximum Gasteiger partial charge on any atom is 0.243 e. The molecular weight excluding hydrogens is 270 g/mol. The van der Waals surface area contributed by atoms with Crippen molar-refractivity contribution in [3.63, 3.8) is 0 Å². The fraction of sp³-hybridized carbons (Fsp3) is 0.769. The highest BCUT2D eigenvalue weighted by molar-refractivity contribution is 5.43. The molecule has 0 aliphatic carbocycles. The predicted octanol–water partition coefficient (Wildman–Crippen LogP) is 0.720. The Kier molecular flexibility index (Phi) is 5.94. The minimum Gasteiger partial charge on any atom is -0.393 e. The van der Waals surface area contributed by atoms with E-state index in [1.54, 1.807) is 0 Å². The second-order valence-electron chi connectivity index (χ2n) is 5.25. The van der Waals surface area contributed by atoms with E-state index in [0.29, 0.717) is 30.8 Å². The van der Waals surface area contributed by atoms with Gasteiger partial charge in [0.2, 0.25) is 17.8 Å². The van der Waals surface area contributed by atoms with E-state index >= 15 is 0 Å². The molecule has 2 rings (SSSR count). The van der Waals surface area contributed by atoms with Crippen molar-refractivity contribution in [3.8, 4) is 0 Å². The Morgan fingerprint density at radius 2 is 1.90 bits per heavy atom.